The van der Waals surface area contributed by atoms with Crippen LogP contribution in [0.5, 0.6) is 0 Å². The maximum atomic E-state index is 12.8. The maximum Gasteiger partial charge on any atom is 0.261 e. The van der Waals surface area contributed by atoms with Gasteiger partial charge >= 0.3 is 0 Å². The quantitative estimate of drug-likeness (QED) is 0.545. The fraction of sp³-hybridized carbons (Fsp3) is 0.300. The molecule has 0 saturated carbocycles. The van der Waals surface area contributed by atoms with E-state index < -0.39 is 5.91 Å². The molecular formula is C20H23N5O3S. The van der Waals surface area contributed by atoms with Crippen molar-refractivity contribution in [3.05, 3.63) is 62.8 Å². The van der Waals surface area contributed by atoms with Crippen LogP contribution in [0.3, 0.4) is 0 Å². The Kier molecular flexibility index (Phi) is 6.73. The number of nitrogens with zero attached hydrogens (tertiary/aromatic N) is 3. The average Bonchev–Trinajstić information content (AvgIpc) is 3.22. The standard InChI is InChI=1S/C20H23N5O3S/c1-2-24(13-19(27)22-10-14-6-5-9-29-14)12-18-23-16-8-4-3-7-15(16)20(28)25(18)11-17(21)26/h3-9H,2,10-13H2,1H3,(H2,21,26)(H,22,27). The highest BCUT2D eigenvalue weighted by atomic mass is 32.1. The molecule has 0 spiro atoms. The lowest BCUT2D eigenvalue weighted by atomic mass is 10.2. The minimum Gasteiger partial charge on any atom is -0.368 e. The van der Waals surface area contributed by atoms with E-state index in [1.807, 2.05) is 29.3 Å². The molecule has 1 aromatic carbocycles. The van der Waals surface area contributed by atoms with E-state index in [-0.39, 0.29) is 31.1 Å². The van der Waals surface area contributed by atoms with Crippen LogP contribution in [0.25, 0.3) is 10.9 Å². The van der Waals surface area contributed by atoms with Crippen molar-refractivity contribution in [2.75, 3.05) is 13.1 Å². The number of carbonyl (C=O) groups is 2. The molecule has 0 aliphatic heterocycles. The fourth-order valence-corrected chi connectivity index (χ4v) is 3.64. The molecule has 2 amide bonds. The summed E-state index contributed by atoms with van der Waals surface area (Å²) in [5.41, 5.74) is 5.56. The zero-order valence-electron chi connectivity index (χ0n) is 16.1. The number of carbonyl (C=O) groups excluding carboxylic acids is 2. The van der Waals surface area contributed by atoms with Crippen molar-refractivity contribution in [2.45, 2.75) is 26.6 Å². The maximum absolute atomic E-state index is 12.8. The number of amides is 2. The Bertz CT molecular complexity index is 1060. The van der Waals surface area contributed by atoms with Crippen molar-refractivity contribution in [2.24, 2.45) is 5.73 Å². The highest BCUT2D eigenvalue weighted by Gasteiger charge is 2.17. The van der Waals surface area contributed by atoms with Crippen molar-refractivity contribution >= 4 is 34.1 Å². The van der Waals surface area contributed by atoms with E-state index in [2.05, 4.69) is 10.3 Å². The molecule has 0 unspecified atom stereocenters. The molecule has 3 N–H and O–H groups in total. The number of nitrogens with two attached hydrogens (primary N) is 1. The molecule has 0 radical (unpaired) electrons. The van der Waals surface area contributed by atoms with Crippen molar-refractivity contribution in [1.82, 2.24) is 19.8 Å². The number of para-hydroxylation sites is 1. The monoisotopic (exact) mass is 413 g/mol. The van der Waals surface area contributed by atoms with Crippen LogP contribution >= 0.6 is 11.3 Å². The summed E-state index contributed by atoms with van der Waals surface area (Å²) < 4.78 is 1.29. The number of aromatic nitrogens is 2. The first-order valence-corrected chi connectivity index (χ1v) is 10.1. The average molecular weight is 414 g/mol. The number of nitrogens with one attached hydrogen (secondary N) is 1. The molecule has 0 atom stereocenters. The van der Waals surface area contributed by atoms with Crippen LogP contribution in [-0.4, -0.2) is 39.4 Å². The van der Waals surface area contributed by atoms with Crippen LogP contribution < -0.4 is 16.6 Å². The summed E-state index contributed by atoms with van der Waals surface area (Å²) in [7, 11) is 0. The summed E-state index contributed by atoms with van der Waals surface area (Å²) in [5.74, 6) is -0.340. The molecule has 9 heteroatoms. The summed E-state index contributed by atoms with van der Waals surface area (Å²) in [6.07, 6.45) is 0. The van der Waals surface area contributed by atoms with Crippen LogP contribution in [0, 0.1) is 0 Å². The molecule has 0 saturated heterocycles. The SMILES string of the molecule is CCN(CC(=O)NCc1cccs1)Cc1nc2ccccc2c(=O)n1CC(N)=O. The number of rotatable bonds is 9. The van der Waals surface area contributed by atoms with E-state index in [9.17, 15) is 14.4 Å². The number of likely N-dealkylation sites (N-methyl/N-ethyl adjacent to an activating group) is 1. The molecule has 2 heterocycles. The third-order valence-electron chi connectivity index (χ3n) is 4.47. The lowest BCUT2D eigenvalue weighted by molar-refractivity contribution is -0.122. The van der Waals surface area contributed by atoms with Crippen molar-refractivity contribution in [3.63, 3.8) is 0 Å². The second-order valence-corrected chi connectivity index (χ2v) is 7.59. The Morgan fingerprint density at radius 2 is 2.03 bits per heavy atom. The molecule has 0 aliphatic carbocycles. The van der Waals surface area contributed by atoms with Crippen LogP contribution in [0.4, 0.5) is 0 Å². The first-order chi connectivity index (χ1) is 14.0. The molecule has 8 nitrogen and oxygen atoms in total. The van der Waals surface area contributed by atoms with E-state index in [0.717, 1.165) is 4.88 Å². The Hall–Kier alpha value is -3.04. The number of hydrogen-bond donors (Lipinski definition) is 2. The summed E-state index contributed by atoms with van der Waals surface area (Å²) in [4.78, 5) is 44.1. The van der Waals surface area contributed by atoms with Crippen molar-refractivity contribution < 1.29 is 9.59 Å². The van der Waals surface area contributed by atoms with E-state index >= 15 is 0 Å². The largest absolute Gasteiger partial charge is 0.368 e. The lowest BCUT2D eigenvalue weighted by Gasteiger charge is -2.21. The number of thiophene rings is 1. The highest BCUT2D eigenvalue weighted by Crippen LogP contribution is 2.10. The lowest BCUT2D eigenvalue weighted by Crippen LogP contribution is -2.39. The molecule has 152 valence electrons. The third-order valence-corrected chi connectivity index (χ3v) is 5.35. The summed E-state index contributed by atoms with van der Waals surface area (Å²) in [6, 6.07) is 10.9. The predicted molar refractivity (Wildman–Crippen MR) is 112 cm³/mol. The Morgan fingerprint density at radius 1 is 1.24 bits per heavy atom. The van der Waals surface area contributed by atoms with Gasteiger partial charge < -0.3 is 11.1 Å². The second-order valence-electron chi connectivity index (χ2n) is 6.56. The smallest absolute Gasteiger partial charge is 0.261 e. The normalized spacial score (nSPS) is 11.1. The van der Waals surface area contributed by atoms with Gasteiger partial charge in [0.25, 0.3) is 5.56 Å². The molecule has 0 bridgehead atoms. The van der Waals surface area contributed by atoms with Crippen molar-refractivity contribution in [3.8, 4) is 0 Å². The van der Waals surface area contributed by atoms with Gasteiger partial charge in [0.2, 0.25) is 11.8 Å². The van der Waals surface area contributed by atoms with E-state index in [1.54, 1.807) is 35.6 Å². The minimum atomic E-state index is -0.623. The third kappa shape index (κ3) is 5.27. The van der Waals surface area contributed by atoms with Crippen LogP contribution in [-0.2, 0) is 29.2 Å². The molecule has 2 aromatic heterocycles. The molecule has 3 rings (SSSR count). The zero-order valence-corrected chi connectivity index (χ0v) is 16.9. The first-order valence-electron chi connectivity index (χ1n) is 9.26. The summed E-state index contributed by atoms with van der Waals surface area (Å²) in [5, 5.41) is 5.28. The highest BCUT2D eigenvalue weighted by molar-refractivity contribution is 7.09. The Labute approximate surface area is 172 Å². The van der Waals surface area contributed by atoms with Gasteiger partial charge in [0, 0.05) is 4.88 Å². The number of hydrogen-bond acceptors (Lipinski definition) is 6. The molecule has 29 heavy (non-hydrogen) atoms. The summed E-state index contributed by atoms with van der Waals surface area (Å²) in [6.45, 7) is 3.12. The van der Waals surface area contributed by atoms with Gasteiger partial charge in [0.1, 0.15) is 12.4 Å². The number of primary amides is 1. The van der Waals surface area contributed by atoms with E-state index in [4.69, 9.17) is 5.73 Å². The van der Waals surface area contributed by atoms with Gasteiger partial charge in [-0.3, -0.25) is 23.9 Å². The van der Waals surface area contributed by atoms with Gasteiger partial charge in [0.05, 0.1) is 30.5 Å². The first kappa shape index (κ1) is 20.7. The van der Waals surface area contributed by atoms with Gasteiger partial charge in [-0.25, -0.2) is 4.98 Å². The second kappa shape index (κ2) is 9.44. The Balaban J connectivity index is 1.79. The van der Waals surface area contributed by atoms with Gasteiger partial charge in [0.15, 0.2) is 0 Å². The minimum absolute atomic E-state index is 0.121. The van der Waals surface area contributed by atoms with Gasteiger partial charge in [-0.1, -0.05) is 25.1 Å². The number of benzene rings is 1. The Morgan fingerprint density at radius 3 is 2.72 bits per heavy atom. The van der Waals surface area contributed by atoms with E-state index in [0.29, 0.717) is 29.8 Å². The van der Waals surface area contributed by atoms with Gasteiger partial charge in [-0.2, -0.15) is 0 Å². The predicted octanol–water partition coefficient (Wildman–Crippen LogP) is 1.08. The van der Waals surface area contributed by atoms with Crippen LogP contribution in [0.2, 0.25) is 0 Å². The zero-order chi connectivity index (χ0) is 20.8. The molecule has 0 aliphatic rings. The summed E-state index contributed by atoms with van der Waals surface area (Å²) >= 11 is 1.58. The van der Waals surface area contributed by atoms with Gasteiger partial charge in [-0.15, -0.1) is 11.3 Å². The van der Waals surface area contributed by atoms with E-state index in [1.165, 1.54) is 4.57 Å². The topological polar surface area (TPSA) is 110 Å². The van der Waals surface area contributed by atoms with Crippen LogP contribution in [0.15, 0.2) is 46.6 Å². The molecule has 3 aromatic rings. The van der Waals surface area contributed by atoms with Crippen molar-refractivity contribution in [1.29, 1.82) is 0 Å². The molecular weight excluding hydrogens is 390 g/mol. The van der Waals surface area contributed by atoms with Crippen LogP contribution in [0.1, 0.15) is 17.6 Å². The molecule has 0 fully saturated rings. The number of fused-ring (bicyclic) bond motifs is 1. The fourth-order valence-electron chi connectivity index (χ4n) is 2.99. The van der Waals surface area contributed by atoms with Gasteiger partial charge in [-0.05, 0) is 30.1 Å².